The van der Waals surface area contributed by atoms with Gasteiger partial charge in [-0.2, -0.15) is 0 Å². The highest BCUT2D eigenvalue weighted by molar-refractivity contribution is 14.0. The van der Waals surface area contributed by atoms with Crippen molar-refractivity contribution in [2.75, 3.05) is 40.4 Å². The van der Waals surface area contributed by atoms with Crippen molar-refractivity contribution in [1.82, 2.24) is 10.2 Å². The number of hydrogen-bond donors (Lipinski definition) is 1. The highest BCUT2D eigenvalue weighted by Gasteiger charge is 2.25. The third kappa shape index (κ3) is 8.00. The first-order valence-corrected chi connectivity index (χ1v) is 10.9. The zero-order valence-electron chi connectivity index (χ0n) is 18.9. The van der Waals surface area contributed by atoms with Crippen molar-refractivity contribution < 1.29 is 9.47 Å². The second-order valence-corrected chi connectivity index (χ2v) is 8.04. The molecule has 0 bridgehead atoms. The van der Waals surface area contributed by atoms with Gasteiger partial charge in [-0.3, -0.25) is 4.99 Å². The minimum Gasteiger partial charge on any atom is -0.497 e. The number of benzene rings is 2. The van der Waals surface area contributed by atoms with E-state index in [0.29, 0.717) is 18.4 Å². The van der Waals surface area contributed by atoms with Crippen LogP contribution >= 0.6 is 24.0 Å². The molecule has 1 saturated heterocycles. The van der Waals surface area contributed by atoms with Crippen molar-refractivity contribution in [3.05, 3.63) is 65.7 Å². The first-order valence-electron chi connectivity index (χ1n) is 10.9. The van der Waals surface area contributed by atoms with Crippen LogP contribution < -0.4 is 10.1 Å². The summed E-state index contributed by atoms with van der Waals surface area (Å²) in [6.07, 6.45) is 2.21. The molecule has 1 aliphatic rings. The molecule has 5 nitrogen and oxygen atoms in total. The smallest absolute Gasteiger partial charge is 0.193 e. The Morgan fingerprint density at radius 1 is 1.16 bits per heavy atom. The van der Waals surface area contributed by atoms with Crippen LogP contribution in [0, 0.1) is 5.92 Å². The normalized spacial score (nSPS) is 17.2. The van der Waals surface area contributed by atoms with E-state index in [9.17, 15) is 0 Å². The van der Waals surface area contributed by atoms with Crippen molar-refractivity contribution in [3.63, 3.8) is 0 Å². The number of halogens is 1. The van der Waals surface area contributed by atoms with Crippen LogP contribution in [-0.2, 0) is 11.3 Å². The molecule has 1 heterocycles. The van der Waals surface area contributed by atoms with E-state index >= 15 is 0 Å². The molecule has 2 unspecified atom stereocenters. The largest absolute Gasteiger partial charge is 0.497 e. The maximum absolute atomic E-state index is 5.95. The zero-order valence-corrected chi connectivity index (χ0v) is 21.3. The van der Waals surface area contributed by atoms with Gasteiger partial charge in [0.25, 0.3) is 0 Å². The van der Waals surface area contributed by atoms with E-state index in [2.05, 4.69) is 58.5 Å². The molecule has 1 aliphatic heterocycles. The summed E-state index contributed by atoms with van der Waals surface area (Å²) in [6, 6.07) is 18.7. The van der Waals surface area contributed by atoms with Gasteiger partial charge < -0.3 is 19.7 Å². The van der Waals surface area contributed by atoms with Crippen LogP contribution in [0.25, 0.3) is 0 Å². The summed E-state index contributed by atoms with van der Waals surface area (Å²) >= 11 is 0. The third-order valence-electron chi connectivity index (χ3n) is 5.81. The minimum absolute atomic E-state index is 0. The maximum Gasteiger partial charge on any atom is 0.193 e. The number of rotatable bonds is 9. The van der Waals surface area contributed by atoms with Crippen LogP contribution in [0.1, 0.15) is 36.8 Å². The van der Waals surface area contributed by atoms with Gasteiger partial charge in [0.1, 0.15) is 5.75 Å². The molecule has 0 saturated carbocycles. The van der Waals surface area contributed by atoms with E-state index in [0.717, 1.165) is 50.8 Å². The number of nitrogens with zero attached hydrogens (tertiary/aromatic N) is 2. The standard InChI is InChI=1S/C25H35N3O2.HI/c1-20(23-9-11-24(29-3)12-10-23)13-15-27-25(26-2)28-16-14-22(17-28)19-30-18-21-7-5-4-6-8-21;/h4-12,20,22H,13-19H2,1-3H3,(H,26,27);1H. The maximum atomic E-state index is 5.95. The molecular formula is C25H36IN3O2. The summed E-state index contributed by atoms with van der Waals surface area (Å²) in [5.41, 5.74) is 2.57. The van der Waals surface area contributed by atoms with E-state index in [1.54, 1.807) is 7.11 Å². The van der Waals surface area contributed by atoms with Crippen LogP contribution in [0.4, 0.5) is 0 Å². The Balaban J connectivity index is 0.00000341. The molecular weight excluding hydrogens is 501 g/mol. The summed E-state index contributed by atoms with van der Waals surface area (Å²) in [5.74, 6) is 2.95. The second-order valence-electron chi connectivity index (χ2n) is 8.04. The Morgan fingerprint density at radius 2 is 1.90 bits per heavy atom. The molecule has 1 fully saturated rings. The number of guanidine groups is 1. The zero-order chi connectivity index (χ0) is 21.2. The first kappa shape index (κ1) is 25.5. The highest BCUT2D eigenvalue weighted by atomic mass is 127. The molecule has 2 atom stereocenters. The van der Waals surface area contributed by atoms with Crippen LogP contribution in [0.2, 0.25) is 0 Å². The molecule has 0 radical (unpaired) electrons. The van der Waals surface area contributed by atoms with Crippen molar-refractivity contribution in [1.29, 1.82) is 0 Å². The van der Waals surface area contributed by atoms with Gasteiger partial charge in [-0.1, -0.05) is 49.4 Å². The summed E-state index contributed by atoms with van der Waals surface area (Å²) in [5, 5.41) is 3.55. The average molecular weight is 537 g/mol. The number of hydrogen-bond acceptors (Lipinski definition) is 3. The van der Waals surface area contributed by atoms with Gasteiger partial charge in [0.05, 0.1) is 20.3 Å². The molecule has 31 heavy (non-hydrogen) atoms. The summed E-state index contributed by atoms with van der Waals surface area (Å²) < 4.78 is 11.2. The van der Waals surface area contributed by atoms with Crippen molar-refractivity contribution in [2.45, 2.75) is 32.3 Å². The average Bonchev–Trinajstić information content (AvgIpc) is 3.26. The lowest BCUT2D eigenvalue weighted by atomic mass is 9.98. The molecule has 6 heteroatoms. The van der Waals surface area contributed by atoms with Gasteiger partial charge in [0.15, 0.2) is 5.96 Å². The van der Waals surface area contributed by atoms with E-state index < -0.39 is 0 Å². The molecule has 0 spiro atoms. The van der Waals surface area contributed by atoms with Gasteiger partial charge in [0, 0.05) is 32.6 Å². The summed E-state index contributed by atoms with van der Waals surface area (Å²) in [6.45, 7) is 6.70. The number of ether oxygens (including phenoxy) is 2. The lowest BCUT2D eigenvalue weighted by molar-refractivity contribution is 0.0907. The monoisotopic (exact) mass is 537 g/mol. The SMILES string of the molecule is CN=C(NCCC(C)c1ccc(OC)cc1)N1CCC(COCc2ccccc2)C1.I. The summed E-state index contributed by atoms with van der Waals surface area (Å²) in [7, 11) is 3.57. The molecule has 170 valence electrons. The van der Waals surface area contributed by atoms with Crippen molar-refractivity contribution in [2.24, 2.45) is 10.9 Å². The fourth-order valence-corrected chi connectivity index (χ4v) is 3.91. The topological polar surface area (TPSA) is 46.1 Å². The molecule has 2 aromatic rings. The Kier molecular flexibility index (Phi) is 11.2. The molecule has 1 N–H and O–H groups in total. The van der Waals surface area contributed by atoms with Gasteiger partial charge in [-0.25, -0.2) is 0 Å². The minimum atomic E-state index is 0. The fraction of sp³-hybridized carbons (Fsp3) is 0.480. The van der Waals surface area contributed by atoms with Crippen LogP contribution in [0.5, 0.6) is 5.75 Å². The van der Waals surface area contributed by atoms with Crippen LogP contribution in [0.15, 0.2) is 59.6 Å². The Labute approximate surface area is 204 Å². The molecule has 0 aliphatic carbocycles. The fourth-order valence-electron chi connectivity index (χ4n) is 3.91. The lowest BCUT2D eigenvalue weighted by Crippen LogP contribution is -2.40. The van der Waals surface area contributed by atoms with Gasteiger partial charge >= 0.3 is 0 Å². The number of likely N-dealkylation sites (tertiary alicyclic amines) is 1. The van der Waals surface area contributed by atoms with Gasteiger partial charge in [-0.05, 0) is 42.0 Å². The van der Waals surface area contributed by atoms with E-state index in [-0.39, 0.29) is 24.0 Å². The lowest BCUT2D eigenvalue weighted by Gasteiger charge is -2.22. The van der Waals surface area contributed by atoms with Crippen molar-refractivity contribution >= 4 is 29.9 Å². The van der Waals surface area contributed by atoms with E-state index in [1.807, 2.05) is 25.2 Å². The highest BCUT2D eigenvalue weighted by Crippen LogP contribution is 2.22. The predicted octanol–water partition coefficient (Wildman–Crippen LogP) is 4.92. The van der Waals surface area contributed by atoms with Gasteiger partial charge in [-0.15, -0.1) is 24.0 Å². The van der Waals surface area contributed by atoms with Crippen LogP contribution in [0.3, 0.4) is 0 Å². The van der Waals surface area contributed by atoms with Gasteiger partial charge in [0.2, 0.25) is 0 Å². The molecule has 0 aromatic heterocycles. The Hall–Kier alpha value is -1.80. The predicted molar refractivity (Wildman–Crippen MR) is 139 cm³/mol. The first-order chi connectivity index (χ1) is 14.7. The quantitative estimate of drug-likeness (QED) is 0.280. The number of nitrogens with one attached hydrogen (secondary N) is 1. The second kappa shape index (κ2) is 13.6. The van der Waals surface area contributed by atoms with E-state index in [4.69, 9.17) is 9.47 Å². The Bertz CT molecular complexity index is 783. The van der Waals surface area contributed by atoms with Crippen LogP contribution in [-0.4, -0.2) is 51.3 Å². The Morgan fingerprint density at radius 3 is 2.58 bits per heavy atom. The molecule has 0 amide bonds. The summed E-state index contributed by atoms with van der Waals surface area (Å²) in [4.78, 5) is 6.85. The number of methoxy groups -OCH3 is 1. The number of aliphatic imine (C=N–C) groups is 1. The van der Waals surface area contributed by atoms with Crippen molar-refractivity contribution in [3.8, 4) is 5.75 Å². The third-order valence-corrected chi connectivity index (χ3v) is 5.81. The molecule has 2 aromatic carbocycles. The van der Waals surface area contributed by atoms with E-state index in [1.165, 1.54) is 11.1 Å². The molecule has 3 rings (SSSR count).